The third-order valence-electron chi connectivity index (χ3n) is 4.48. The van der Waals surface area contributed by atoms with Crippen LogP contribution in [0.3, 0.4) is 0 Å². The van der Waals surface area contributed by atoms with E-state index in [1.165, 1.54) is 10.4 Å². The molecule has 1 atom stereocenters. The summed E-state index contributed by atoms with van der Waals surface area (Å²) in [6, 6.07) is 14.1. The molecular weight excluding hydrogens is 384 g/mol. The fraction of sp³-hybridized carbons (Fsp3) is 0.364. The molecule has 0 aliphatic rings. The highest BCUT2D eigenvalue weighted by Crippen LogP contribution is 2.18. The van der Waals surface area contributed by atoms with Crippen LogP contribution in [0, 0.1) is 6.92 Å². The zero-order valence-electron chi connectivity index (χ0n) is 17.4. The number of benzene rings is 1. The lowest BCUT2D eigenvalue weighted by atomic mass is 10.2. The quantitative estimate of drug-likeness (QED) is 0.583. The Hall–Kier alpha value is -2.64. The molecule has 0 bridgehead atoms. The number of aryl methyl sites for hydroxylation is 2. The van der Waals surface area contributed by atoms with E-state index in [1.807, 2.05) is 26.0 Å². The van der Waals surface area contributed by atoms with Crippen molar-refractivity contribution in [1.29, 1.82) is 0 Å². The third-order valence-corrected chi connectivity index (χ3v) is 5.34. The Kier molecular flexibility index (Phi) is 7.06. The van der Waals surface area contributed by atoms with Gasteiger partial charge in [-0.05, 0) is 56.1 Å². The number of nitrogens with one attached hydrogen (secondary N) is 1. The Morgan fingerprint density at radius 3 is 2.79 bits per heavy atom. The lowest BCUT2D eigenvalue weighted by molar-refractivity contribution is 0.0922. The second kappa shape index (κ2) is 9.71. The van der Waals surface area contributed by atoms with Gasteiger partial charge in [0.25, 0.3) is 5.91 Å². The van der Waals surface area contributed by atoms with E-state index in [-0.39, 0.29) is 12.0 Å². The summed E-state index contributed by atoms with van der Waals surface area (Å²) in [6.45, 7) is 6.02. The van der Waals surface area contributed by atoms with Gasteiger partial charge in [-0.2, -0.15) is 5.10 Å². The van der Waals surface area contributed by atoms with Crippen LogP contribution >= 0.6 is 11.3 Å². The molecule has 0 radical (unpaired) electrons. The van der Waals surface area contributed by atoms with Crippen molar-refractivity contribution in [3.63, 3.8) is 0 Å². The molecular formula is C22H28N4O2S. The molecule has 6 nitrogen and oxygen atoms in total. The van der Waals surface area contributed by atoms with Gasteiger partial charge in [0.1, 0.15) is 17.5 Å². The van der Waals surface area contributed by atoms with Crippen LogP contribution < -0.4 is 10.1 Å². The topological polar surface area (TPSA) is 59.4 Å². The highest BCUT2D eigenvalue weighted by Gasteiger charge is 2.13. The molecule has 0 aliphatic heterocycles. The maximum atomic E-state index is 12.3. The maximum Gasteiger partial charge on any atom is 0.269 e. The number of ether oxygens (including phenoxy) is 1. The lowest BCUT2D eigenvalue weighted by Crippen LogP contribution is -2.34. The van der Waals surface area contributed by atoms with Gasteiger partial charge in [0, 0.05) is 25.0 Å². The van der Waals surface area contributed by atoms with Crippen molar-refractivity contribution in [2.45, 2.75) is 33.0 Å². The number of hydrogen-bond acceptors (Lipinski definition) is 5. The number of thiophene rings is 1. The summed E-state index contributed by atoms with van der Waals surface area (Å²) in [6.07, 6.45) is -0.146. The number of carbonyl (C=O) groups excluding carboxylic acids is 1. The number of hydrogen-bond donors (Lipinski definition) is 1. The summed E-state index contributed by atoms with van der Waals surface area (Å²) in [5.41, 5.74) is 2.57. The molecule has 1 N–H and O–H groups in total. The van der Waals surface area contributed by atoms with E-state index in [1.54, 1.807) is 29.1 Å². The molecule has 3 aromatic rings. The Balaban J connectivity index is 1.50. The van der Waals surface area contributed by atoms with Gasteiger partial charge in [-0.3, -0.25) is 14.4 Å². The third kappa shape index (κ3) is 6.17. The van der Waals surface area contributed by atoms with Crippen LogP contribution in [0.25, 0.3) is 0 Å². The molecule has 2 aromatic heterocycles. The minimum Gasteiger partial charge on any atom is -0.489 e. The van der Waals surface area contributed by atoms with Gasteiger partial charge in [-0.15, -0.1) is 11.3 Å². The summed E-state index contributed by atoms with van der Waals surface area (Å²) >= 11 is 1.78. The Morgan fingerprint density at radius 2 is 2.10 bits per heavy atom. The molecule has 0 saturated heterocycles. The second-order valence-corrected chi connectivity index (χ2v) is 8.36. The van der Waals surface area contributed by atoms with E-state index < -0.39 is 0 Å². The van der Waals surface area contributed by atoms with Crippen LogP contribution in [-0.4, -0.2) is 40.3 Å². The molecule has 154 valence electrons. The lowest BCUT2D eigenvalue weighted by Gasteiger charge is -2.18. The van der Waals surface area contributed by atoms with Gasteiger partial charge in [-0.25, -0.2) is 0 Å². The largest absolute Gasteiger partial charge is 0.489 e. The Bertz CT molecular complexity index is 936. The molecule has 3 rings (SSSR count). The van der Waals surface area contributed by atoms with Crippen molar-refractivity contribution in [2.75, 3.05) is 13.6 Å². The maximum absolute atomic E-state index is 12.3. The van der Waals surface area contributed by atoms with Crippen LogP contribution in [0.15, 0.2) is 47.8 Å². The minimum atomic E-state index is -0.146. The molecule has 0 spiro atoms. The van der Waals surface area contributed by atoms with Crippen molar-refractivity contribution in [1.82, 2.24) is 20.0 Å². The van der Waals surface area contributed by atoms with E-state index in [4.69, 9.17) is 4.74 Å². The summed E-state index contributed by atoms with van der Waals surface area (Å²) < 4.78 is 7.60. The average molecular weight is 413 g/mol. The molecule has 0 saturated carbocycles. The Morgan fingerprint density at radius 1 is 1.28 bits per heavy atom. The molecule has 29 heavy (non-hydrogen) atoms. The minimum absolute atomic E-state index is 0.146. The van der Waals surface area contributed by atoms with E-state index in [0.717, 1.165) is 24.5 Å². The smallest absolute Gasteiger partial charge is 0.269 e. The van der Waals surface area contributed by atoms with Gasteiger partial charge >= 0.3 is 0 Å². The molecule has 0 aliphatic carbocycles. The zero-order valence-corrected chi connectivity index (χ0v) is 18.2. The average Bonchev–Trinajstić information content (AvgIpc) is 3.29. The normalized spacial score (nSPS) is 12.2. The SMILES string of the molecule is Cc1cc(C(=O)NCC(C)Oc2cccc(CN(C)Cc3cccs3)c2)n(C)n1. The van der Waals surface area contributed by atoms with Gasteiger partial charge in [-0.1, -0.05) is 18.2 Å². The summed E-state index contributed by atoms with van der Waals surface area (Å²) in [5.74, 6) is 0.664. The van der Waals surface area contributed by atoms with Gasteiger partial charge < -0.3 is 10.1 Å². The monoisotopic (exact) mass is 412 g/mol. The van der Waals surface area contributed by atoms with Crippen molar-refractivity contribution in [3.05, 3.63) is 69.7 Å². The number of amides is 1. The molecule has 1 amide bonds. The second-order valence-electron chi connectivity index (χ2n) is 7.33. The van der Waals surface area contributed by atoms with E-state index >= 15 is 0 Å². The molecule has 7 heteroatoms. The fourth-order valence-corrected chi connectivity index (χ4v) is 3.96. The van der Waals surface area contributed by atoms with E-state index in [0.29, 0.717) is 12.2 Å². The molecule has 1 aromatic carbocycles. The number of nitrogens with zero attached hydrogens (tertiary/aromatic N) is 3. The molecule has 0 fully saturated rings. The van der Waals surface area contributed by atoms with Crippen molar-refractivity contribution in [3.8, 4) is 5.75 Å². The highest BCUT2D eigenvalue weighted by molar-refractivity contribution is 7.09. The molecule has 1 unspecified atom stereocenters. The standard InChI is InChI=1S/C22H28N4O2S/c1-16-11-21(26(4)24-16)22(27)23-13-17(2)28-19-8-5-7-18(12-19)14-25(3)15-20-9-6-10-29-20/h5-12,17H,13-15H2,1-4H3,(H,23,27). The van der Waals surface area contributed by atoms with Crippen LogP contribution in [0.5, 0.6) is 5.75 Å². The summed E-state index contributed by atoms with van der Waals surface area (Å²) in [5, 5.41) is 9.22. The summed E-state index contributed by atoms with van der Waals surface area (Å²) in [4.78, 5) is 15.9. The van der Waals surface area contributed by atoms with Gasteiger partial charge in [0.15, 0.2) is 0 Å². The Labute approximate surface area is 176 Å². The highest BCUT2D eigenvalue weighted by atomic mass is 32.1. The van der Waals surface area contributed by atoms with Crippen LogP contribution in [-0.2, 0) is 20.1 Å². The first-order valence-electron chi connectivity index (χ1n) is 9.66. The molecule has 2 heterocycles. The summed E-state index contributed by atoms with van der Waals surface area (Å²) in [7, 11) is 3.88. The number of carbonyl (C=O) groups is 1. The first-order chi connectivity index (χ1) is 13.9. The number of rotatable bonds is 9. The van der Waals surface area contributed by atoms with E-state index in [2.05, 4.69) is 52.0 Å². The predicted molar refractivity (Wildman–Crippen MR) is 116 cm³/mol. The van der Waals surface area contributed by atoms with Crippen molar-refractivity contribution >= 4 is 17.2 Å². The fourth-order valence-electron chi connectivity index (χ4n) is 3.18. The first-order valence-corrected chi connectivity index (χ1v) is 10.5. The van der Waals surface area contributed by atoms with Gasteiger partial charge in [0.05, 0.1) is 12.2 Å². The van der Waals surface area contributed by atoms with E-state index in [9.17, 15) is 4.79 Å². The van der Waals surface area contributed by atoms with Crippen molar-refractivity contribution < 1.29 is 9.53 Å². The van der Waals surface area contributed by atoms with Crippen molar-refractivity contribution in [2.24, 2.45) is 7.05 Å². The first kappa shape index (κ1) is 21.1. The van der Waals surface area contributed by atoms with Crippen LogP contribution in [0.4, 0.5) is 0 Å². The predicted octanol–water partition coefficient (Wildman–Crippen LogP) is 3.62. The number of aromatic nitrogens is 2. The van der Waals surface area contributed by atoms with Gasteiger partial charge in [0.2, 0.25) is 0 Å². The van der Waals surface area contributed by atoms with Crippen LogP contribution in [0.2, 0.25) is 0 Å². The van der Waals surface area contributed by atoms with Crippen LogP contribution in [0.1, 0.15) is 33.5 Å². The zero-order chi connectivity index (χ0) is 20.8.